The summed E-state index contributed by atoms with van der Waals surface area (Å²) in [4.78, 5) is 2.81. The predicted octanol–water partition coefficient (Wildman–Crippen LogP) is 4.42. The van der Waals surface area contributed by atoms with Gasteiger partial charge in [0.15, 0.2) is 0 Å². The second-order valence-corrected chi connectivity index (χ2v) is 7.24. The number of hydrogen-bond donors (Lipinski definition) is 1. The topological polar surface area (TPSA) is 23.5 Å². The third-order valence-electron chi connectivity index (χ3n) is 6.14. The largest absolute Gasteiger partial charge is 0.508 e. The normalized spacial score (nSPS) is 30.7. The molecule has 0 spiro atoms. The highest BCUT2D eigenvalue weighted by atomic mass is 16.3. The zero-order valence-corrected chi connectivity index (χ0v) is 12.9. The van der Waals surface area contributed by atoms with Crippen LogP contribution in [-0.4, -0.2) is 22.6 Å². The summed E-state index contributed by atoms with van der Waals surface area (Å²) in [6.07, 6.45) is 12.1. The zero-order valence-electron chi connectivity index (χ0n) is 12.9. The molecule has 1 N–H and O–H groups in total. The molecule has 1 heterocycles. The predicted molar refractivity (Wildman–Crippen MR) is 85.5 cm³/mol. The first kappa shape index (κ1) is 13.6. The van der Waals surface area contributed by atoms with E-state index in [9.17, 15) is 5.11 Å². The van der Waals surface area contributed by atoms with Crippen molar-refractivity contribution in [1.82, 2.24) is 4.90 Å². The van der Waals surface area contributed by atoms with E-state index in [1.807, 2.05) is 12.1 Å². The Morgan fingerprint density at radius 3 is 2.67 bits per heavy atom. The Morgan fingerprint density at radius 2 is 1.81 bits per heavy atom. The maximum atomic E-state index is 10.2. The first-order chi connectivity index (χ1) is 10.3. The van der Waals surface area contributed by atoms with Gasteiger partial charge in [0.25, 0.3) is 0 Å². The molecule has 1 aromatic rings. The smallest absolute Gasteiger partial charge is 0.119 e. The highest BCUT2D eigenvalue weighted by molar-refractivity contribution is 5.42. The highest BCUT2D eigenvalue weighted by Crippen LogP contribution is 2.44. The molecule has 2 atom stereocenters. The summed E-state index contributed by atoms with van der Waals surface area (Å²) in [6.45, 7) is 1.26. The number of likely N-dealkylation sites (tertiary alicyclic amines) is 1. The van der Waals surface area contributed by atoms with Crippen LogP contribution in [-0.2, 0) is 6.42 Å². The maximum absolute atomic E-state index is 10.2. The Hall–Kier alpha value is -1.02. The molecule has 2 fully saturated rings. The number of benzene rings is 1. The van der Waals surface area contributed by atoms with Crippen molar-refractivity contribution >= 4 is 0 Å². The average Bonchev–Trinajstić information content (AvgIpc) is 3.18. The van der Waals surface area contributed by atoms with Crippen molar-refractivity contribution in [2.75, 3.05) is 6.54 Å². The average molecular weight is 285 g/mol. The Labute approximate surface area is 128 Å². The van der Waals surface area contributed by atoms with Gasteiger partial charge >= 0.3 is 0 Å². The van der Waals surface area contributed by atoms with Crippen molar-refractivity contribution in [2.24, 2.45) is 5.92 Å². The van der Waals surface area contributed by atoms with Gasteiger partial charge in [0, 0.05) is 12.1 Å². The van der Waals surface area contributed by atoms with Gasteiger partial charge in [-0.3, -0.25) is 4.90 Å². The summed E-state index contributed by atoms with van der Waals surface area (Å²) >= 11 is 0. The quantitative estimate of drug-likeness (QED) is 0.869. The van der Waals surface area contributed by atoms with Crippen LogP contribution in [0.1, 0.15) is 68.5 Å². The van der Waals surface area contributed by atoms with Gasteiger partial charge in [0.2, 0.25) is 0 Å². The molecule has 114 valence electrons. The molecule has 4 rings (SSSR count). The second kappa shape index (κ2) is 5.64. The molecule has 2 heteroatoms. The Bertz CT molecular complexity index is 506. The summed E-state index contributed by atoms with van der Waals surface area (Å²) in [5, 5.41) is 10.2. The van der Waals surface area contributed by atoms with E-state index in [1.54, 1.807) is 0 Å². The van der Waals surface area contributed by atoms with Crippen molar-refractivity contribution in [2.45, 2.75) is 69.9 Å². The summed E-state index contributed by atoms with van der Waals surface area (Å²) in [5.74, 6) is 1.46. The molecular weight excluding hydrogens is 258 g/mol. The van der Waals surface area contributed by atoms with Gasteiger partial charge in [-0.2, -0.15) is 0 Å². The number of phenolic OH excluding ortho intramolecular Hbond substituents is 1. The molecule has 3 aliphatic rings. The SMILES string of the molecule is Oc1cccc2c1CCCC2N1CCCC1C1CCCC1. The third kappa shape index (κ3) is 2.38. The van der Waals surface area contributed by atoms with E-state index in [4.69, 9.17) is 0 Å². The van der Waals surface area contributed by atoms with Crippen molar-refractivity contribution < 1.29 is 5.11 Å². The van der Waals surface area contributed by atoms with E-state index in [0.29, 0.717) is 11.8 Å². The number of rotatable bonds is 2. The molecular formula is C19H27NO. The maximum Gasteiger partial charge on any atom is 0.119 e. The van der Waals surface area contributed by atoms with Crippen LogP contribution in [0.2, 0.25) is 0 Å². The Balaban J connectivity index is 1.63. The highest BCUT2D eigenvalue weighted by Gasteiger charge is 2.38. The fourth-order valence-corrected chi connectivity index (χ4v) is 5.20. The van der Waals surface area contributed by atoms with Gasteiger partial charge in [-0.25, -0.2) is 0 Å². The molecule has 2 aliphatic carbocycles. The lowest BCUT2D eigenvalue weighted by atomic mass is 9.84. The molecule has 0 amide bonds. The van der Waals surface area contributed by atoms with Crippen molar-refractivity contribution in [3.8, 4) is 5.75 Å². The molecule has 21 heavy (non-hydrogen) atoms. The lowest BCUT2D eigenvalue weighted by Gasteiger charge is -2.39. The van der Waals surface area contributed by atoms with Crippen LogP contribution in [0.5, 0.6) is 5.75 Å². The molecule has 0 radical (unpaired) electrons. The first-order valence-electron chi connectivity index (χ1n) is 8.91. The summed E-state index contributed by atoms with van der Waals surface area (Å²) in [7, 11) is 0. The molecule has 0 aromatic heterocycles. The molecule has 1 aromatic carbocycles. The molecule has 1 saturated carbocycles. The Kier molecular flexibility index (Phi) is 3.66. The van der Waals surface area contributed by atoms with Gasteiger partial charge < -0.3 is 5.11 Å². The fourth-order valence-electron chi connectivity index (χ4n) is 5.20. The van der Waals surface area contributed by atoms with Crippen LogP contribution in [0, 0.1) is 5.92 Å². The van der Waals surface area contributed by atoms with E-state index in [1.165, 1.54) is 69.0 Å². The first-order valence-corrected chi connectivity index (χ1v) is 8.91. The van der Waals surface area contributed by atoms with Crippen LogP contribution in [0.3, 0.4) is 0 Å². The van der Waals surface area contributed by atoms with Gasteiger partial charge in [-0.05, 0) is 74.6 Å². The summed E-state index contributed by atoms with van der Waals surface area (Å²) in [5.41, 5.74) is 2.65. The lowest BCUT2D eigenvalue weighted by molar-refractivity contribution is 0.122. The number of fused-ring (bicyclic) bond motifs is 1. The summed E-state index contributed by atoms with van der Waals surface area (Å²) in [6, 6.07) is 7.54. The third-order valence-corrected chi connectivity index (χ3v) is 6.14. The van der Waals surface area contributed by atoms with Crippen LogP contribution in [0.15, 0.2) is 18.2 Å². The molecule has 1 aliphatic heterocycles. The fraction of sp³-hybridized carbons (Fsp3) is 0.684. The molecule has 2 unspecified atom stereocenters. The van der Waals surface area contributed by atoms with Crippen LogP contribution >= 0.6 is 0 Å². The number of phenols is 1. The lowest BCUT2D eigenvalue weighted by Crippen LogP contribution is -2.39. The molecule has 1 saturated heterocycles. The van der Waals surface area contributed by atoms with Crippen LogP contribution in [0.4, 0.5) is 0 Å². The van der Waals surface area contributed by atoms with E-state index >= 15 is 0 Å². The van der Waals surface area contributed by atoms with Crippen LogP contribution in [0.25, 0.3) is 0 Å². The van der Waals surface area contributed by atoms with Crippen molar-refractivity contribution in [3.63, 3.8) is 0 Å². The monoisotopic (exact) mass is 285 g/mol. The van der Waals surface area contributed by atoms with E-state index in [2.05, 4.69) is 11.0 Å². The number of hydrogen-bond acceptors (Lipinski definition) is 2. The van der Waals surface area contributed by atoms with Gasteiger partial charge in [0.05, 0.1) is 0 Å². The van der Waals surface area contributed by atoms with Gasteiger partial charge in [0.1, 0.15) is 5.75 Å². The second-order valence-electron chi connectivity index (χ2n) is 7.24. The zero-order chi connectivity index (χ0) is 14.2. The number of aromatic hydroxyl groups is 1. The molecule has 0 bridgehead atoms. The minimum Gasteiger partial charge on any atom is -0.508 e. The van der Waals surface area contributed by atoms with Gasteiger partial charge in [-0.1, -0.05) is 25.0 Å². The molecule has 2 nitrogen and oxygen atoms in total. The van der Waals surface area contributed by atoms with E-state index in [-0.39, 0.29) is 0 Å². The van der Waals surface area contributed by atoms with Gasteiger partial charge in [-0.15, -0.1) is 0 Å². The minimum atomic E-state index is 0.522. The standard InChI is InChI=1S/C19H27NO/c21-19-12-4-8-15-16(19)9-3-10-18(15)20-13-5-11-17(20)14-6-1-2-7-14/h4,8,12,14,17-18,21H,1-3,5-7,9-11,13H2. The van der Waals surface area contributed by atoms with E-state index < -0.39 is 0 Å². The van der Waals surface area contributed by atoms with Crippen LogP contribution < -0.4 is 0 Å². The van der Waals surface area contributed by atoms with Crippen molar-refractivity contribution in [1.29, 1.82) is 0 Å². The minimum absolute atomic E-state index is 0.522. The summed E-state index contributed by atoms with van der Waals surface area (Å²) < 4.78 is 0. The van der Waals surface area contributed by atoms with E-state index in [0.717, 1.165) is 18.4 Å². The Morgan fingerprint density at radius 1 is 0.952 bits per heavy atom. The number of nitrogens with zero attached hydrogens (tertiary/aromatic N) is 1. The van der Waals surface area contributed by atoms with Crippen molar-refractivity contribution in [3.05, 3.63) is 29.3 Å².